The summed E-state index contributed by atoms with van der Waals surface area (Å²) in [5.41, 5.74) is 1.55. The molecule has 5 rings (SSSR count). The SMILES string of the molecule is O=C(O)NCC1CCC(CNC(=O)c2cc(N3CCC(CN4CCOCC4)CC3)nc3ccccc23)CC1. The largest absolute Gasteiger partial charge is 0.465 e. The summed E-state index contributed by atoms with van der Waals surface area (Å²) in [6.07, 6.45) is 5.31. The Morgan fingerprint density at radius 3 is 2.24 bits per heavy atom. The van der Waals surface area contributed by atoms with Crippen molar-refractivity contribution in [3.05, 3.63) is 35.9 Å². The molecule has 2 saturated heterocycles. The normalized spacial score (nSPS) is 23.3. The maximum Gasteiger partial charge on any atom is 0.404 e. The van der Waals surface area contributed by atoms with E-state index in [1.54, 1.807) is 0 Å². The van der Waals surface area contributed by atoms with Gasteiger partial charge in [0.15, 0.2) is 0 Å². The van der Waals surface area contributed by atoms with E-state index in [1.807, 2.05) is 30.3 Å². The van der Waals surface area contributed by atoms with Crippen LogP contribution in [0.2, 0.25) is 0 Å². The van der Waals surface area contributed by atoms with Crippen molar-refractivity contribution in [1.82, 2.24) is 20.5 Å². The van der Waals surface area contributed by atoms with E-state index in [-0.39, 0.29) is 5.91 Å². The number of amides is 2. The molecule has 0 atom stereocenters. The highest BCUT2D eigenvalue weighted by Gasteiger charge is 2.26. The lowest BCUT2D eigenvalue weighted by atomic mass is 9.82. The van der Waals surface area contributed by atoms with Crippen LogP contribution < -0.4 is 15.5 Å². The minimum atomic E-state index is -0.958. The van der Waals surface area contributed by atoms with Gasteiger partial charge in [-0.25, -0.2) is 9.78 Å². The van der Waals surface area contributed by atoms with E-state index in [0.29, 0.717) is 36.4 Å². The van der Waals surface area contributed by atoms with Crippen LogP contribution in [0, 0.1) is 17.8 Å². The number of aromatic nitrogens is 1. The fraction of sp³-hybridized carbons (Fsp3) is 0.621. The van der Waals surface area contributed by atoms with E-state index in [9.17, 15) is 9.59 Å². The molecule has 3 N–H and O–H groups in total. The maximum absolute atomic E-state index is 13.4. The molecule has 1 aromatic carbocycles. The molecule has 0 unspecified atom stereocenters. The number of nitrogens with zero attached hydrogens (tertiary/aromatic N) is 3. The predicted octanol–water partition coefficient (Wildman–Crippen LogP) is 3.59. The van der Waals surface area contributed by atoms with E-state index in [2.05, 4.69) is 20.4 Å². The molecule has 9 heteroatoms. The van der Waals surface area contributed by atoms with Crippen molar-refractivity contribution in [1.29, 1.82) is 0 Å². The highest BCUT2D eigenvalue weighted by molar-refractivity contribution is 6.07. The van der Waals surface area contributed by atoms with Gasteiger partial charge in [-0.2, -0.15) is 0 Å². The smallest absolute Gasteiger partial charge is 0.404 e. The minimum Gasteiger partial charge on any atom is -0.465 e. The van der Waals surface area contributed by atoms with E-state index in [0.717, 1.165) is 101 Å². The summed E-state index contributed by atoms with van der Waals surface area (Å²) in [5, 5.41) is 15.4. The first-order valence-electron chi connectivity index (χ1n) is 14.2. The van der Waals surface area contributed by atoms with Crippen LogP contribution in [0.5, 0.6) is 0 Å². The van der Waals surface area contributed by atoms with Gasteiger partial charge in [0.25, 0.3) is 5.91 Å². The molecule has 1 aromatic heterocycles. The average Bonchev–Trinajstić information content (AvgIpc) is 2.95. The third-order valence-electron chi connectivity index (χ3n) is 8.57. The van der Waals surface area contributed by atoms with E-state index < -0.39 is 6.09 Å². The van der Waals surface area contributed by atoms with Crippen LogP contribution in [0.3, 0.4) is 0 Å². The molecule has 206 valence electrons. The van der Waals surface area contributed by atoms with E-state index in [1.165, 1.54) is 0 Å². The van der Waals surface area contributed by atoms with Crippen LogP contribution in [0.25, 0.3) is 10.9 Å². The van der Waals surface area contributed by atoms with Crippen LogP contribution in [0.15, 0.2) is 30.3 Å². The number of morpholine rings is 1. The Bertz CT molecular complexity index is 1090. The first kappa shape index (κ1) is 26.7. The number of hydrogen-bond donors (Lipinski definition) is 3. The molecular formula is C29H41N5O4. The quantitative estimate of drug-likeness (QED) is 0.485. The number of carbonyl (C=O) groups is 2. The summed E-state index contributed by atoms with van der Waals surface area (Å²) in [7, 11) is 0. The number of hydrogen-bond acceptors (Lipinski definition) is 6. The number of nitrogens with one attached hydrogen (secondary N) is 2. The minimum absolute atomic E-state index is 0.0401. The Kier molecular flexibility index (Phi) is 8.96. The van der Waals surface area contributed by atoms with Crippen molar-refractivity contribution in [3.8, 4) is 0 Å². The number of carboxylic acid groups (broad SMARTS) is 1. The topological polar surface area (TPSA) is 107 Å². The molecule has 2 amide bonds. The number of benzene rings is 1. The molecule has 2 aliphatic heterocycles. The van der Waals surface area contributed by atoms with Gasteiger partial charge in [-0.05, 0) is 68.4 Å². The molecule has 3 fully saturated rings. The van der Waals surface area contributed by atoms with Gasteiger partial charge in [-0.1, -0.05) is 18.2 Å². The maximum atomic E-state index is 13.4. The van der Waals surface area contributed by atoms with Crippen molar-refractivity contribution in [2.75, 3.05) is 63.9 Å². The molecule has 1 aliphatic carbocycles. The molecule has 3 aliphatic rings. The van der Waals surface area contributed by atoms with Crippen molar-refractivity contribution in [2.45, 2.75) is 38.5 Å². The fourth-order valence-corrected chi connectivity index (χ4v) is 6.21. The average molecular weight is 524 g/mol. The summed E-state index contributed by atoms with van der Waals surface area (Å²) in [5.74, 6) is 2.37. The summed E-state index contributed by atoms with van der Waals surface area (Å²) >= 11 is 0. The lowest BCUT2D eigenvalue weighted by Gasteiger charge is -2.36. The summed E-state index contributed by atoms with van der Waals surface area (Å²) in [6, 6.07) is 9.90. The van der Waals surface area contributed by atoms with Crippen LogP contribution in [0.4, 0.5) is 10.6 Å². The number of anilines is 1. The van der Waals surface area contributed by atoms with Crippen LogP contribution in [0.1, 0.15) is 48.9 Å². The van der Waals surface area contributed by atoms with Gasteiger partial charge in [0, 0.05) is 51.2 Å². The summed E-state index contributed by atoms with van der Waals surface area (Å²) < 4.78 is 5.49. The lowest BCUT2D eigenvalue weighted by Crippen LogP contribution is -2.43. The van der Waals surface area contributed by atoms with Gasteiger partial charge in [0.1, 0.15) is 5.82 Å². The zero-order valence-electron chi connectivity index (χ0n) is 22.2. The number of carbonyl (C=O) groups excluding carboxylic acids is 1. The fourth-order valence-electron chi connectivity index (χ4n) is 6.21. The number of piperidine rings is 1. The third-order valence-corrected chi connectivity index (χ3v) is 8.57. The van der Waals surface area contributed by atoms with Gasteiger partial charge in [-0.15, -0.1) is 0 Å². The summed E-state index contributed by atoms with van der Waals surface area (Å²) in [4.78, 5) is 34.0. The van der Waals surface area contributed by atoms with Crippen LogP contribution >= 0.6 is 0 Å². The molecular weight excluding hydrogens is 482 g/mol. The second-order valence-electron chi connectivity index (χ2n) is 11.2. The second kappa shape index (κ2) is 12.8. The molecule has 2 aromatic rings. The van der Waals surface area contributed by atoms with Crippen molar-refractivity contribution in [2.24, 2.45) is 17.8 Å². The zero-order valence-corrected chi connectivity index (χ0v) is 22.2. The number of fused-ring (bicyclic) bond motifs is 1. The van der Waals surface area contributed by atoms with Crippen molar-refractivity contribution in [3.63, 3.8) is 0 Å². The number of para-hydroxylation sites is 1. The zero-order chi connectivity index (χ0) is 26.3. The molecule has 38 heavy (non-hydrogen) atoms. The van der Waals surface area contributed by atoms with Gasteiger partial charge >= 0.3 is 6.09 Å². The van der Waals surface area contributed by atoms with Crippen LogP contribution in [-0.4, -0.2) is 86.0 Å². The second-order valence-corrected chi connectivity index (χ2v) is 11.2. The Labute approximate surface area is 224 Å². The molecule has 0 bridgehead atoms. The molecule has 1 saturated carbocycles. The molecule has 3 heterocycles. The van der Waals surface area contributed by atoms with Gasteiger partial charge in [0.2, 0.25) is 0 Å². The third kappa shape index (κ3) is 6.94. The Balaban J connectivity index is 1.18. The molecule has 0 radical (unpaired) electrons. The molecule has 0 spiro atoms. The van der Waals surface area contributed by atoms with E-state index in [4.69, 9.17) is 14.8 Å². The highest BCUT2D eigenvalue weighted by atomic mass is 16.5. The highest BCUT2D eigenvalue weighted by Crippen LogP contribution is 2.29. The first-order valence-corrected chi connectivity index (χ1v) is 14.2. The first-order chi connectivity index (χ1) is 18.5. The standard InChI is InChI=1S/C29H41N5O4/c35-28(30-18-21-5-7-22(8-6-21)19-31-29(36)37)25-17-27(32-26-4-2-1-3-24(25)26)34-11-9-23(10-12-34)20-33-13-15-38-16-14-33/h1-4,17,21-23,31H,5-16,18-20H2,(H,30,35)(H,36,37). The molecule has 9 nitrogen and oxygen atoms in total. The van der Waals surface area contributed by atoms with E-state index >= 15 is 0 Å². The number of rotatable bonds is 8. The predicted molar refractivity (Wildman–Crippen MR) is 148 cm³/mol. The van der Waals surface area contributed by atoms with Crippen molar-refractivity contribution < 1.29 is 19.4 Å². The lowest BCUT2D eigenvalue weighted by molar-refractivity contribution is 0.0289. The number of ether oxygens (including phenoxy) is 1. The Hall–Kier alpha value is -2.91. The monoisotopic (exact) mass is 523 g/mol. The van der Waals surface area contributed by atoms with Gasteiger partial charge in [0.05, 0.1) is 24.3 Å². The summed E-state index contributed by atoms with van der Waals surface area (Å²) in [6.45, 7) is 7.99. The van der Waals surface area contributed by atoms with Crippen molar-refractivity contribution >= 4 is 28.7 Å². The van der Waals surface area contributed by atoms with Crippen LogP contribution in [-0.2, 0) is 4.74 Å². The Morgan fingerprint density at radius 2 is 1.55 bits per heavy atom. The Morgan fingerprint density at radius 1 is 0.895 bits per heavy atom. The van der Waals surface area contributed by atoms with Gasteiger partial charge < -0.3 is 25.4 Å². The van der Waals surface area contributed by atoms with Gasteiger partial charge in [-0.3, -0.25) is 9.69 Å². The number of pyridine rings is 1.